The quantitative estimate of drug-likeness (QED) is 0.342. The predicted molar refractivity (Wildman–Crippen MR) is 119 cm³/mol. The molecule has 155 valence electrons. The summed E-state index contributed by atoms with van der Waals surface area (Å²) in [5.41, 5.74) is 5.37. The number of unbranched alkanes of at least 4 members (excludes halogenated alkanes) is 1. The summed E-state index contributed by atoms with van der Waals surface area (Å²) in [7, 11) is 13.5. The normalized spacial score (nSPS) is 37.5. The highest BCUT2D eigenvalue weighted by atomic mass is 32.5. The Labute approximate surface area is 178 Å². The summed E-state index contributed by atoms with van der Waals surface area (Å²) in [6.45, 7) is 2.67. The van der Waals surface area contributed by atoms with Crippen LogP contribution < -0.4 is 10.8 Å². The maximum atomic E-state index is 11.0. The van der Waals surface area contributed by atoms with E-state index in [1.165, 1.54) is 0 Å². The minimum atomic E-state index is -3.31. The fraction of sp³-hybridized carbons (Fsp3) is 1.00. The zero-order valence-electron chi connectivity index (χ0n) is 17.3. The summed E-state index contributed by atoms with van der Waals surface area (Å²) in [6.07, 6.45) is 4.87. The van der Waals surface area contributed by atoms with Gasteiger partial charge in [0.2, 0.25) is 0 Å². The van der Waals surface area contributed by atoms with Crippen LogP contribution >= 0.6 is 6.64 Å². The molecular formula is C17H33B3N2O4PS. The van der Waals surface area contributed by atoms with E-state index >= 15 is 0 Å². The highest BCUT2D eigenvalue weighted by Crippen LogP contribution is 2.48. The zero-order chi connectivity index (χ0) is 20.9. The Hall–Kier alpha value is 0.605. The van der Waals surface area contributed by atoms with E-state index in [9.17, 15) is 4.89 Å². The van der Waals surface area contributed by atoms with E-state index < -0.39 is 24.4 Å². The fourth-order valence-corrected chi connectivity index (χ4v) is 6.52. The van der Waals surface area contributed by atoms with E-state index in [1.807, 2.05) is 21.1 Å². The van der Waals surface area contributed by atoms with Crippen molar-refractivity contribution >= 4 is 41.4 Å². The highest BCUT2D eigenvalue weighted by Gasteiger charge is 2.47. The molecule has 2 aliphatic rings. The number of hydrogen-bond donors (Lipinski definition) is 3. The van der Waals surface area contributed by atoms with Gasteiger partial charge >= 0.3 is 0 Å². The number of hydrogen-bond acceptors (Lipinski definition) is 5. The van der Waals surface area contributed by atoms with Gasteiger partial charge in [-0.3, -0.25) is 0 Å². The second kappa shape index (κ2) is 10.8. The Morgan fingerprint density at radius 2 is 2.11 bits per heavy atom. The fourth-order valence-electron chi connectivity index (χ4n) is 4.06. The van der Waals surface area contributed by atoms with Gasteiger partial charge in [0.1, 0.15) is 26.8 Å². The molecule has 0 spiro atoms. The van der Waals surface area contributed by atoms with Crippen LogP contribution in [0.1, 0.15) is 59.3 Å². The van der Waals surface area contributed by atoms with Crippen molar-refractivity contribution in [2.24, 2.45) is 5.73 Å². The van der Waals surface area contributed by atoms with Crippen molar-refractivity contribution in [2.75, 3.05) is 0 Å². The maximum Gasteiger partial charge on any atom is 0.259 e. The molecule has 0 aromatic rings. The molecular weight excluding hydrogens is 392 g/mol. The van der Waals surface area contributed by atoms with Crippen molar-refractivity contribution in [2.45, 2.75) is 107 Å². The van der Waals surface area contributed by atoms with Gasteiger partial charge in [-0.15, -0.1) is 6.22 Å². The average molecular weight is 425 g/mol. The Morgan fingerprint density at radius 3 is 2.64 bits per heavy atom. The van der Waals surface area contributed by atoms with Crippen molar-refractivity contribution in [1.29, 1.82) is 0 Å². The summed E-state index contributed by atoms with van der Waals surface area (Å²) >= 11 is 5.48. The average Bonchev–Trinajstić information content (AvgIpc) is 3.14. The first-order chi connectivity index (χ1) is 13.1. The third-order valence-electron chi connectivity index (χ3n) is 5.71. The Kier molecular flexibility index (Phi) is 9.56. The zero-order valence-corrected chi connectivity index (χ0v) is 19.0. The van der Waals surface area contributed by atoms with Crippen LogP contribution in [0, 0.1) is 0 Å². The number of nitrogens with one attached hydrogen (secondary N) is 1. The van der Waals surface area contributed by atoms with Gasteiger partial charge < -0.3 is 24.6 Å². The summed E-state index contributed by atoms with van der Waals surface area (Å²) in [4.78, 5) is 11.0. The minimum Gasteiger partial charge on any atom is -0.382 e. The molecule has 2 rings (SSSR count). The van der Waals surface area contributed by atoms with Crippen LogP contribution in [0.5, 0.6) is 0 Å². The Morgan fingerprint density at radius 1 is 1.39 bits per heavy atom. The van der Waals surface area contributed by atoms with Crippen LogP contribution in [0.15, 0.2) is 0 Å². The first-order valence-electron chi connectivity index (χ1n) is 10.3. The van der Waals surface area contributed by atoms with Gasteiger partial charge in [0, 0.05) is 24.1 Å². The number of ether oxygens (including phenoxy) is 2. The van der Waals surface area contributed by atoms with Gasteiger partial charge in [0.05, 0.1) is 14.0 Å². The molecule has 4 unspecified atom stereocenters. The molecule has 2 saturated heterocycles. The summed E-state index contributed by atoms with van der Waals surface area (Å²) in [5.74, 6) is 0. The Balaban J connectivity index is 2.06. The molecule has 2 aliphatic heterocycles. The van der Waals surface area contributed by atoms with Gasteiger partial charge in [-0.1, -0.05) is 26.7 Å². The molecule has 5 radical (unpaired) electrons. The third kappa shape index (κ3) is 6.55. The van der Waals surface area contributed by atoms with Gasteiger partial charge in [-0.25, -0.2) is 5.09 Å². The van der Waals surface area contributed by atoms with Gasteiger partial charge in [-0.2, -0.15) is 0 Å². The monoisotopic (exact) mass is 425 g/mol. The lowest BCUT2D eigenvalue weighted by atomic mass is 9.60. The number of rotatable bonds is 11. The molecule has 0 aromatic carbocycles. The van der Waals surface area contributed by atoms with Crippen LogP contribution in [0.4, 0.5) is 0 Å². The molecule has 2 fully saturated rings. The molecule has 2 heterocycles. The van der Waals surface area contributed by atoms with Crippen LogP contribution in [0.25, 0.3) is 0 Å². The second-order valence-electron chi connectivity index (χ2n) is 8.07. The molecule has 8 atom stereocenters. The third-order valence-corrected chi connectivity index (χ3v) is 7.57. The Bertz CT molecular complexity index is 553. The summed E-state index contributed by atoms with van der Waals surface area (Å²) in [6, 6.07) is -0.808. The van der Waals surface area contributed by atoms with Crippen molar-refractivity contribution in [3.63, 3.8) is 0 Å². The summed E-state index contributed by atoms with van der Waals surface area (Å²) in [5, 5.41) is 3.19. The standard InChI is InChI=1S/C17H33B3N2O4PS/c1-4-6-7-13-12(9-15(24-13)20-10-18)22-27(23,28)26-17(3,5-2)16-11(21)8-14(19)25-16/h11-16H,4-10,21H2,1-3H3,(H2,22,23,28)/t11-,12-,13?,14-,15-,16?,17?,27?/m1/s1. The molecule has 6 nitrogen and oxygen atoms in total. The van der Waals surface area contributed by atoms with Crippen molar-refractivity contribution in [3.8, 4) is 0 Å². The van der Waals surface area contributed by atoms with E-state index in [2.05, 4.69) is 12.0 Å². The van der Waals surface area contributed by atoms with E-state index in [0.717, 1.165) is 19.3 Å². The first-order valence-corrected chi connectivity index (χ1v) is 13.0. The first kappa shape index (κ1) is 24.9. The lowest BCUT2D eigenvalue weighted by molar-refractivity contribution is -0.0700. The lowest BCUT2D eigenvalue weighted by Crippen LogP contribution is -2.50. The van der Waals surface area contributed by atoms with Gasteiger partial charge in [0.25, 0.3) is 6.64 Å². The van der Waals surface area contributed by atoms with Crippen LogP contribution in [0.2, 0.25) is 6.22 Å². The summed E-state index contributed by atoms with van der Waals surface area (Å²) < 4.78 is 18.0. The number of nitrogens with two attached hydrogens (primary N) is 1. The maximum absolute atomic E-state index is 11.0. The molecule has 0 saturated carbocycles. The van der Waals surface area contributed by atoms with Crippen molar-refractivity contribution in [3.05, 3.63) is 0 Å². The lowest BCUT2D eigenvalue weighted by Gasteiger charge is -2.39. The molecule has 4 N–H and O–H groups in total. The van der Waals surface area contributed by atoms with Crippen molar-refractivity contribution < 1.29 is 18.9 Å². The molecule has 0 aliphatic carbocycles. The van der Waals surface area contributed by atoms with E-state index in [-0.39, 0.29) is 24.2 Å². The largest absolute Gasteiger partial charge is 0.382 e. The molecule has 0 amide bonds. The minimum absolute atomic E-state index is 0.0304. The van der Waals surface area contributed by atoms with Crippen LogP contribution in [0.3, 0.4) is 0 Å². The smallest absolute Gasteiger partial charge is 0.259 e. The molecule has 0 bridgehead atoms. The SMILES string of the molecule is [B]C[B][C@H]1C[C@@H](NP(O)(=S)OC(C)(CC)C2O[C@@H]([B])C[C@H]2N)C(CCCC)O1. The van der Waals surface area contributed by atoms with E-state index in [0.29, 0.717) is 25.5 Å². The van der Waals surface area contributed by atoms with E-state index in [1.54, 1.807) is 0 Å². The topological polar surface area (TPSA) is 86.0 Å². The van der Waals surface area contributed by atoms with E-state index in [4.69, 9.17) is 47.2 Å². The van der Waals surface area contributed by atoms with Crippen LogP contribution in [-0.2, 0) is 25.8 Å². The van der Waals surface area contributed by atoms with Crippen molar-refractivity contribution in [1.82, 2.24) is 5.09 Å². The molecule has 0 aromatic heterocycles. The molecule has 11 heteroatoms. The predicted octanol–water partition coefficient (Wildman–Crippen LogP) is 1.51. The van der Waals surface area contributed by atoms with Gasteiger partial charge in [0.15, 0.2) is 0 Å². The highest BCUT2D eigenvalue weighted by molar-refractivity contribution is 8.08. The second-order valence-corrected chi connectivity index (χ2v) is 11.0. The molecule has 28 heavy (non-hydrogen) atoms. The van der Waals surface area contributed by atoms with Crippen LogP contribution in [-0.4, -0.2) is 69.8 Å². The van der Waals surface area contributed by atoms with Gasteiger partial charge in [-0.05, 0) is 44.4 Å².